The summed E-state index contributed by atoms with van der Waals surface area (Å²) in [5.41, 5.74) is 8.47. The quantitative estimate of drug-likeness (QED) is 0.710. The van der Waals surface area contributed by atoms with Crippen LogP contribution in [0, 0.1) is 6.92 Å². The molecule has 84 valence electrons. The summed E-state index contributed by atoms with van der Waals surface area (Å²) in [6, 6.07) is 3.31. The van der Waals surface area contributed by atoms with Gasteiger partial charge < -0.3 is 15.8 Å². The zero-order valence-corrected chi connectivity index (χ0v) is 9.01. The lowest BCUT2D eigenvalue weighted by Gasteiger charge is -2.02. The summed E-state index contributed by atoms with van der Waals surface area (Å²) in [5.74, 6) is 0.604. The van der Waals surface area contributed by atoms with Crippen LogP contribution in [0.1, 0.15) is 17.6 Å². The SMILES string of the molecule is Cc1[nH]c(C(N)CO)nc1-c1ccncc1. The van der Waals surface area contributed by atoms with Gasteiger partial charge in [-0.15, -0.1) is 0 Å². The summed E-state index contributed by atoms with van der Waals surface area (Å²) in [4.78, 5) is 11.4. The van der Waals surface area contributed by atoms with Crippen LogP contribution in [-0.4, -0.2) is 26.7 Å². The molecule has 0 fully saturated rings. The van der Waals surface area contributed by atoms with Gasteiger partial charge in [-0.25, -0.2) is 4.98 Å². The molecule has 0 bridgehead atoms. The van der Waals surface area contributed by atoms with Crippen molar-refractivity contribution in [1.82, 2.24) is 15.0 Å². The van der Waals surface area contributed by atoms with Crippen molar-refractivity contribution in [3.63, 3.8) is 0 Å². The Balaban J connectivity index is 2.40. The number of nitrogens with zero attached hydrogens (tertiary/aromatic N) is 2. The standard InChI is InChI=1S/C11H14N4O/c1-7-10(8-2-4-13-5-3-8)15-11(14-7)9(12)6-16/h2-5,9,16H,6,12H2,1H3,(H,14,15). The van der Waals surface area contributed by atoms with Gasteiger partial charge in [0, 0.05) is 23.7 Å². The van der Waals surface area contributed by atoms with Crippen LogP contribution >= 0.6 is 0 Å². The van der Waals surface area contributed by atoms with E-state index in [2.05, 4.69) is 15.0 Å². The van der Waals surface area contributed by atoms with E-state index in [0.717, 1.165) is 17.0 Å². The van der Waals surface area contributed by atoms with E-state index in [0.29, 0.717) is 5.82 Å². The van der Waals surface area contributed by atoms with E-state index in [1.165, 1.54) is 0 Å². The molecule has 0 saturated heterocycles. The largest absolute Gasteiger partial charge is 0.394 e. The van der Waals surface area contributed by atoms with Crippen LogP contribution in [-0.2, 0) is 0 Å². The highest BCUT2D eigenvalue weighted by Gasteiger charge is 2.13. The second-order valence-electron chi connectivity index (χ2n) is 3.62. The first-order chi connectivity index (χ1) is 7.72. The van der Waals surface area contributed by atoms with Crippen molar-refractivity contribution >= 4 is 0 Å². The topological polar surface area (TPSA) is 87.8 Å². The van der Waals surface area contributed by atoms with E-state index in [1.807, 2.05) is 19.1 Å². The Bertz CT molecular complexity index is 466. The Morgan fingerprint density at radius 2 is 2.12 bits per heavy atom. The molecule has 2 aromatic rings. The van der Waals surface area contributed by atoms with Gasteiger partial charge in [0.05, 0.1) is 18.3 Å². The molecule has 5 heteroatoms. The molecule has 0 aliphatic rings. The average molecular weight is 218 g/mol. The number of H-pyrrole nitrogens is 1. The number of aromatic amines is 1. The van der Waals surface area contributed by atoms with Crippen LogP contribution in [0.4, 0.5) is 0 Å². The molecule has 0 aliphatic heterocycles. The minimum Gasteiger partial charge on any atom is -0.394 e. The number of nitrogens with one attached hydrogen (secondary N) is 1. The predicted molar refractivity (Wildman–Crippen MR) is 60.6 cm³/mol. The Labute approximate surface area is 93.4 Å². The van der Waals surface area contributed by atoms with Gasteiger partial charge in [-0.2, -0.15) is 0 Å². The summed E-state index contributed by atoms with van der Waals surface area (Å²) < 4.78 is 0. The minimum absolute atomic E-state index is 0.122. The maximum atomic E-state index is 8.96. The van der Waals surface area contributed by atoms with Crippen LogP contribution < -0.4 is 5.73 Å². The Morgan fingerprint density at radius 3 is 2.75 bits per heavy atom. The van der Waals surface area contributed by atoms with Crippen molar-refractivity contribution in [3.8, 4) is 11.3 Å². The van der Waals surface area contributed by atoms with E-state index < -0.39 is 6.04 Å². The molecule has 0 saturated carbocycles. The first-order valence-electron chi connectivity index (χ1n) is 5.05. The molecule has 2 heterocycles. The molecular formula is C11H14N4O. The molecule has 5 nitrogen and oxygen atoms in total. The summed E-state index contributed by atoms with van der Waals surface area (Å²) >= 11 is 0. The molecule has 0 amide bonds. The first kappa shape index (κ1) is 10.8. The zero-order valence-electron chi connectivity index (χ0n) is 9.01. The zero-order chi connectivity index (χ0) is 11.5. The Kier molecular flexibility index (Phi) is 2.98. The third-order valence-electron chi connectivity index (χ3n) is 2.40. The summed E-state index contributed by atoms with van der Waals surface area (Å²) in [6.07, 6.45) is 3.43. The maximum absolute atomic E-state index is 8.96. The van der Waals surface area contributed by atoms with E-state index in [4.69, 9.17) is 10.8 Å². The van der Waals surface area contributed by atoms with Crippen molar-refractivity contribution in [3.05, 3.63) is 36.0 Å². The number of rotatable bonds is 3. The number of nitrogens with two attached hydrogens (primary N) is 1. The Hall–Kier alpha value is -1.72. The molecular weight excluding hydrogens is 204 g/mol. The third-order valence-corrected chi connectivity index (χ3v) is 2.40. The van der Waals surface area contributed by atoms with Crippen LogP contribution in [0.15, 0.2) is 24.5 Å². The summed E-state index contributed by atoms with van der Waals surface area (Å²) in [7, 11) is 0. The molecule has 2 rings (SSSR count). The molecule has 2 aromatic heterocycles. The van der Waals surface area contributed by atoms with Gasteiger partial charge in [0.1, 0.15) is 5.82 Å². The van der Waals surface area contributed by atoms with E-state index in [1.54, 1.807) is 12.4 Å². The van der Waals surface area contributed by atoms with Crippen LogP contribution in [0.5, 0.6) is 0 Å². The molecule has 0 spiro atoms. The fourth-order valence-electron chi connectivity index (χ4n) is 1.54. The minimum atomic E-state index is -0.464. The van der Waals surface area contributed by atoms with Gasteiger partial charge in [0.15, 0.2) is 0 Å². The van der Waals surface area contributed by atoms with E-state index in [9.17, 15) is 0 Å². The summed E-state index contributed by atoms with van der Waals surface area (Å²) in [6.45, 7) is 1.80. The highest BCUT2D eigenvalue weighted by molar-refractivity contribution is 5.61. The normalized spacial score (nSPS) is 12.7. The second kappa shape index (κ2) is 4.42. The van der Waals surface area contributed by atoms with Gasteiger partial charge in [-0.05, 0) is 19.1 Å². The smallest absolute Gasteiger partial charge is 0.126 e. The van der Waals surface area contributed by atoms with E-state index in [-0.39, 0.29) is 6.61 Å². The predicted octanol–water partition coefficient (Wildman–Crippen LogP) is 0.772. The van der Waals surface area contributed by atoms with Gasteiger partial charge >= 0.3 is 0 Å². The van der Waals surface area contributed by atoms with Gasteiger partial charge in [0.25, 0.3) is 0 Å². The van der Waals surface area contributed by atoms with Crippen molar-refractivity contribution < 1.29 is 5.11 Å². The molecule has 1 unspecified atom stereocenters. The average Bonchev–Trinajstić information content (AvgIpc) is 2.71. The fraction of sp³-hybridized carbons (Fsp3) is 0.273. The monoisotopic (exact) mass is 218 g/mol. The number of aromatic nitrogens is 3. The van der Waals surface area contributed by atoms with Gasteiger partial charge in [-0.1, -0.05) is 0 Å². The van der Waals surface area contributed by atoms with Crippen LogP contribution in [0.3, 0.4) is 0 Å². The van der Waals surface area contributed by atoms with E-state index >= 15 is 0 Å². The maximum Gasteiger partial charge on any atom is 0.126 e. The number of imidazole rings is 1. The molecule has 0 radical (unpaired) electrons. The van der Waals surface area contributed by atoms with Crippen molar-refractivity contribution in [2.45, 2.75) is 13.0 Å². The number of aliphatic hydroxyl groups is 1. The lowest BCUT2D eigenvalue weighted by atomic mass is 10.2. The Morgan fingerprint density at radius 1 is 1.44 bits per heavy atom. The number of hydrogen-bond donors (Lipinski definition) is 3. The lowest BCUT2D eigenvalue weighted by molar-refractivity contribution is 0.264. The number of hydrogen-bond acceptors (Lipinski definition) is 4. The molecule has 0 aliphatic carbocycles. The third kappa shape index (κ3) is 1.95. The van der Waals surface area contributed by atoms with Gasteiger partial charge in [0.2, 0.25) is 0 Å². The highest BCUT2D eigenvalue weighted by Crippen LogP contribution is 2.21. The number of aliphatic hydroxyl groups excluding tert-OH is 1. The number of aryl methyl sites for hydroxylation is 1. The lowest BCUT2D eigenvalue weighted by Crippen LogP contribution is -2.16. The highest BCUT2D eigenvalue weighted by atomic mass is 16.3. The van der Waals surface area contributed by atoms with Gasteiger partial charge in [-0.3, -0.25) is 4.98 Å². The van der Waals surface area contributed by atoms with Crippen molar-refractivity contribution in [2.24, 2.45) is 5.73 Å². The van der Waals surface area contributed by atoms with Crippen molar-refractivity contribution in [1.29, 1.82) is 0 Å². The second-order valence-corrected chi connectivity index (χ2v) is 3.62. The molecule has 1 atom stereocenters. The number of pyridine rings is 1. The van der Waals surface area contributed by atoms with Crippen LogP contribution in [0.25, 0.3) is 11.3 Å². The van der Waals surface area contributed by atoms with Crippen molar-refractivity contribution in [2.75, 3.05) is 6.61 Å². The summed E-state index contributed by atoms with van der Waals surface area (Å²) in [5, 5.41) is 8.96. The first-order valence-corrected chi connectivity index (χ1v) is 5.05. The molecule has 4 N–H and O–H groups in total. The van der Waals surface area contributed by atoms with Crippen LogP contribution in [0.2, 0.25) is 0 Å². The molecule has 0 aromatic carbocycles. The molecule has 16 heavy (non-hydrogen) atoms. The fourth-order valence-corrected chi connectivity index (χ4v) is 1.54.